The second-order valence-electron chi connectivity index (χ2n) is 4.73. The summed E-state index contributed by atoms with van der Waals surface area (Å²) in [7, 11) is 3.93. The van der Waals surface area contributed by atoms with Crippen LogP contribution in [0.3, 0.4) is 0 Å². The smallest absolute Gasteiger partial charge is 0.139 e. The summed E-state index contributed by atoms with van der Waals surface area (Å²) in [6.07, 6.45) is 3.90. The Morgan fingerprint density at radius 3 is 2.67 bits per heavy atom. The zero-order chi connectivity index (χ0) is 10.7. The zero-order valence-corrected chi connectivity index (χ0v) is 9.70. The molecule has 0 aliphatic heterocycles. The van der Waals surface area contributed by atoms with Crippen molar-refractivity contribution in [2.75, 3.05) is 13.7 Å². The highest BCUT2D eigenvalue weighted by Gasteiger charge is 2.35. The van der Waals surface area contributed by atoms with E-state index >= 15 is 0 Å². The van der Waals surface area contributed by atoms with Gasteiger partial charge in [0.25, 0.3) is 0 Å². The van der Waals surface area contributed by atoms with Gasteiger partial charge in [0.1, 0.15) is 7.85 Å². The van der Waals surface area contributed by atoms with E-state index in [2.05, 4.69) is 32.1 Å². The Balaban J connectivity index is 1.77. The first-order chi connectivity index (χ1) is 7.29. The van der Waals surface area contributed by atoms with E-state index in [4.69, 9.17) is 4.74 Å². The van der Waals surface area contributed by atoms with Crippen LogP contribution in [-0.2, 0) is 11.2 Å². The maximum Gasteiger partial charge on any atom is 0.139 e. The Labute approximate surface area is 93.2 Å². The lowest BCUT2D eigenvalue weighted by Gasteiger charge is -2.01. The average Bonchev–Trinajstić information content (AvgIpc) is 2.97. The summed E-state index contributed by atoms with van der Waals surface area (Å²) in [5.41, 5.74) is 2.84. The van der Waals surface area contributed by atoms with E-state index in [0.29, 0.717) is 0 Å². The fraction of sp³-hybridized carbons (Fsp3) is 0.538. The molecule has 2 rings (SSSR count). The molecule has 0 radical (unpaired) electrons. The molecule has 1 saturated carbocycles. The molecule has 0 bridgehead atoms. The number of methoxy groups -OCH3 is 1. The monoisotopic (exact) mass is 202 g/mol. The molecular weight excluding hydrogens is 183 g/mol. The lowest BCUT2D eigenvalue weighted by Crippen LogP contribution is -2.01. The second kappa shape index (κ2) is 4.85. The van der Waals surface area contributed by atoms with Crippen LogP contribution in [0.2, 0.25) is 0 Å². The topological polar surface area (TPSA) is 9.23 Å². The second-order valence-corrected chi connectivity index (χ2v) is 4.73. The van der Waals surface area contributed by atoms with Gasteiger partial charge >= 0.3 is 0 Å². The molecule has 0 heterocycles. The van der Waals surface area contributed by atoms with Crippen molar-refractivity contribution in [3.63, 3.8) is 0 Å². The Bertz CT molecular complexity index is 307. The summed E-state index contributed by atoms with van der Waals surface area (Å²) in [6.45, 7) is 0.926. The average molecular weight is 202 g/mol. The third-order valence-corrected chi connectivity index (χ3v) is 3.38. The highest BCUT2D eigenvalue weighted by Crippen LogP contribution is 2.43. The van der Waals surface area contributed by atoms with Crippen LogP contribution in [0.4, 0.5) is 0 Å². The predicted octanol–water partition coefficient (Wildman–Crippen LogP) is 1.16. The van der Waals surface area contributed by atoms with Gasteiger partial charge in [-0.05, 0) is 36.7 Å². The van der Waals surface area contributed by atoms with Crippen LogP contribution < -0.4 is 5.46 Å². The summed E-state index contributed by atoms with van der Waals surface area (Å²) in [6, 6.07) is 8.95. The summed E-state index contributed by atoms with van der Waals surface area (Å²) in [5, 5.41) is 0. The fourth-order valence-corrected chi connectivity index (χ4v) is 2.21. The van der Waals surface area contributed by atoms with Crippen molar-refractivity contribution in [3.8, 4) is 0 Å². The van der Waals surface area contributed by atoms with Crippen LogP contribution in [-0.4, -0.2) is 21.6 Å². The van der Waals surface area contributed by atoms with Crippen molar-refractivity contribution >= 4 is 13.3 Å². The van der Waals surface area contributed by atoms with Gasteiger partial charge in [0, 0.05) is 13.7 Å². The first-order valence-corrected chi connectivity index (χ1v) is 5.84. The molecule has 1 nitrogen and oxygen atoms in total. The van der Waals surface area contributed by atoms with Crippen LogP contribution in [0.1, 0.15) is 18.4 Å². The van der Waals surface area contributed by atoms with Crippen molar-refractivity contribution in [1.82, 2.24) is 0 Å². The molecule has 0 aromatic heterocycles. The maximum absolute atomic E-state index is 5.11. The summed E-state index contributed by atoms with van der Waals surface area (Å²) >= 11 is 0. The molecule has 0 amide bonds. The number of ether oxygens (including phenoxy) is 1. The normalized spacial score (nSPS) is 24.1. The van der Waals surface area contributed by atoms with E-state index in [9.17, 15) is 0 Å². The number of hydrogen-bond acceptors (Lipinski definition) is 1. The van der Waals surface area contributed by atoms with Crippen molar-refractivity contribution < 1.29 is 4.74 Å². The molecule has 1 aliphatic rings. The summed E-state index contributed by atoms with van der Waals surface area (Å²) in [4.78, 5) is 0. The molecule has 1 aromatic rings. The third kappa shape index (κ3) is 3.10. The molecule has 2 unspecified atom stereocenters. The minimum absolute atomic E-state index is 0.919. The van der Waals surface area contributed by atoms with Gasteiger partial charge in [-0.2, -0.15) is 0 Å². The van der Waals surface area contributed by atoms with Crippen molar-refractivity contribution in [3.05, 3.63) is 29.8 Å². The first kappa shape index (κ1) is 10.8. The molecule has 0 spiro atoms. The van der Waals surface area contributed by atoms with Gasteiger partial charge in [-0.1, -0.05) is 29.7 Å². The van der Waals surface area contributed by atoms with E-state index in [0.717, 1.165) is 18.4 Å². The van der Waals surface area contributed by atoms with Gasteiger partial charge < -0.3 is 4.74 Å². The van der Waals surface area contributed by atoms with E-state index < -0.39 is 0 Å². The molecule has 1 aromatic carbocycles. The van der Waals surface area contributed by atoms with E-state index in [1.54, 1.807) is 7.11 Å². The van der Waals surface area contributed by atoms with Crippen molar-refractivity contribution in [2.45, 2.75) is 19.3 Å². The largest absolute Gasteiger partial charge is 0.385 e. The van der Waals surface area contributed by atoms with Crippen LogP contribution in [0.15, 0.2) is 24.3 Å². The standard InChI is InChI=1S/C13H19BO/c1-15-7-6-11-9-12(11)8-10-2-4-13(14)5-3-10/h2-5,11-12H,6-9,14H2,1H3. The molecule has 1 aliphatic carbocycles. The Kier molecular flexibility index (Phi) is 3.47. The molecule has 2 heteroatoms. The van der Waals surface area contributed by atoms with Crippen molar-refractivity contribution in [2.24, 2.45) is 11.8 Å². The van der Waals surface area contributed by atoms with E-state index in [-0.39, 0.29) is 0 Å². The SMILES string of the molecule is Bc1ccc(CC2CC2CCOC)cc1. The number of rotatable bonds is 5. The van der Waals surface area contributed by atoms with Crippen LogP contribution in [0, 0.1) is 11.8 Å². The van der Waals surface area contributed by atoms with E-state index in [1.807, 2.05) is 0 Å². The van der Waals surface area contributed by atoms with E-state index in [1.165, 1.54) is 30.3 Å². The minimum Gasteiger partial charge on any atom is -0.385 e. The molecular formula is C13H19BO. The van der Waals surface area contributed by atoms with Gasteiger partial charge in [0.15, 0.2) is 0 Å². The Morgan fingerprint density at radius 2 is 2.00 bits per heavy atom. The van der Waals surface area contributed by atoms with Gasteiger partial charge in [0.05, 0.1) is 0 Å². The number of benzene rings is 1. The van der Waals surface area contributed by atoms with Gasteiger partial charge in [-0.15, -0.1) is 0 Å². The maximum atomic E-state index is 5.11. The summed E-state index contributed by atoms with van der Waals surface area (Å²) in [5.74, 6) is 1.84. The van der Waals surface area contributed by atoms with Crippen LogP contribution in [0.5, 0.6) is 0 Å². The lowest BCUT2D eigenvalue weighted by atomic mass is 9.94. The Morgan fingerprint density at radius 1 is 1.27 bits per heavy atom. The molecule has 1 fully saturated rings. The molecule has 0 saturated heterocycles. The Hall–Kier alpha value is -0.755. The molecule has 80 valence electrons. The van der Waals surface area contributed by atoms with Crippen molar-refractivity contribution in [1.29, 1.82) is 0 Å². The fourth-order valence-electron chi connectivity index (χ4n) is 2.21. The number of hydrogen-bond donors (Lipinski definition) is 0. The quantitative estimate of drug-likeness (QED) is 0.651. The van der Waals surface area contributed by atoms with Gasteiger partial charge in [-0.25, -0.2) is 0 Å². The first-order valence-electron chi connectivity index (χ1n) is 5.84. The van der Waals surface area contributed by atoms with Gasteiger partial charge in [-0.3, -0.25) is 0 Å². The predicted molar refractivity (Wildman–Crippen MR) is 66.4 cm³/mol. The highest BCUT2D eigenvalue weighted by molar-refractivity contribution is 6.32. The third-order valence-electron chi connectivity index (χ3n) is 3.38. The molecule has 0 N–H and O–H groups in total. The molecule has 2 atom stereocenters. The lowest BCUT2D eigenvalue weighted by molar-refractivity contribution is 0.188. The minimum atomic E-state index is 0.919. The zero-order valence-electron chi connectivity index (χ0n) is 9.70. The van der Waals surface area contributed by atoms with Gasteiger partial charge in [0.2, 0.25) is 0 Å². The highest BCUT2D eigenvalue weighted by atomic mass is 16.5. The summed E-state index contributed by atoms with van der Waals surface area (Å²) < 4.78 is 5.11. The van der Waals surface area contributed by atoms with Crippen LogP contribution >= 0.6 is 0 Å². The molecule has 15 heavy (non-hydrogen) atoms. The van der Waals surface area contributed by atoms with Crippen LogP contribution in [0.25, 0.3) is 0 Å².